The lowest BCUT2D eigenvalue weighted by Crippen LogP contribution is -2.32. The van der Waals surface area contributed by atoms with Gasteiger partial charge in [-0.05, 0) is 62.0 Å². The summed E-state index contributed by atoms with van der Waals surface area (Å²) in [6.45, 7) is 5.43. The van der Waals surface area contributed by atoms with Gasteiger partial charge in [-0.2, -0.15) is 0 Å². The van der Waals surface area contributed by atoms with Crippen LogP contribution in [0, 0.1) is 13.8 Å². The molecule has 0 spiro atoms. The Hall–Kier alpha value is -2.12. The Morgan fingerprint density at radius 1 is 1.16 bits per heavy atom. The Bertz CT molecular complexity index is 1100. The largest absolute Gasteiger partial charge is 0.383 e. The van der Waals surface area contributed by atoms with Crippen molar-refractivity contribution in [2.24, 2.45) is 0 Å². The van der Waals surface area contributed by atoms with Gasteiger partial charge in [0.25, 0.3) is 0 Å². The first kappa shape index (κ1) is 22.1. The van der Waals surface area contributed by atoms with E-state index in [-0.39, 0.29) is 12.1 Å². The first-order valence-corrected chi connectivity index (χ1v) is 11.2. The monoisotopic (exact) mass is 474 g/mol. The molecule has 0 unspecified atom stereocenters. The van der Waals surface area contributed by atoms with Gasteiger partial charge in [-0.3, -0.25) is 4.98 Å². The third-order valence-electron chi connectivity index (χ3n) is 5.70. The minimum Gasteiger partial charge on any atom is -0.383 e. The van der Waals surface area contributed by atoms with Crippen molar-refractivity contribution in [2.45, 2.75) is 25.9 Å². The number of hydrogen-bond acceptors (Lipinski definition) is 3. The first-order chi connectivity index (χ1) is 14.9. The van der Waals surface area contributed by atoms with Crippen LogP contribution in [-0.2, 0) is 4.74 Å². The molecule has 2 atom stereocenters. The SMILES string of the molecule is COCCN1C(=S)N[C@H](c2ccccn2)[C@@H]1c1cc(C)n(-c2cccc(Cl)c2Cl)c1C. The van der Waals surface area contributed by atoms with Gasteiger partial charge in [0.15, 0.2) is 5.11 Å². The zero-order chi connectivity index (χ0) is 22.1. The fraction of sp³-hybridized carbons (Fsp3) is 0.304. The minimum atomic E-state index is -0.0747. The van der Waals surface area contributed by atoms with Gasteiger partial charge in [-0.15, -0.1) is 0 Å². The molecule has 1 N–H and O–H groups in total. The standard InChI is InChI=1S/C23H24Cl2N4OS/c1-14-13-16(15(2)29(14)19-9-6-7-17(24)20(19)25)22-21(18-8-4-5-10-26-18)27-23(31)28(22)11-12-30-3/h4-10,13,21-22H,11-12H2,1-3H3,(H,27,31)/t21-,22+/m1/s1. The van der Waals surface area contributed by atoms with Crippen LogP contribution in [0.15, 0.2) is 48.7 Å². The third kappa shape index (κ3) is 4.05. The number of nitrogens with one attached hydrogen (secondary N) is 1. The van der Waals surface area contributed by atoms with Crippen LogP contribution in [0.2, 0.25) is 10.0 Å². The fourth-order valence-corrected chi connectivity index (χ4v) is 5.01. The highest BCUT2D eigenvalue weighted by molar-refractivity contribution is 7.80. The molecule has 0 aliphatic carbocycles. The second kappa shape index (κ2) is 9.17. The Kier molecular flexibility index (Phi) is 6.53. The van der Waals surface area contributed by atoms with Gasteiger partial charge in [-0.25, -0.2) is 0 Å². The van der Waals surface area contributed by atoms with E-state index < -0.39 is 0 Å². The van der Waals surface area contributed by atoms with Crippen LogP contribution in [-0.4, -0.2) is 39.8 Å². The molecule has 1 aliphatic rings. The molecule has 1 fully saturated rings. The summed E-state index contributed by atoms with van der Waals surface area (Å²) in [5.74, 6) is 0. The van der Waals surface area contributed by atoms with Gasteiger partial charge in [0, 0.05) is 31.2 Å². The molecule has 1 saturated heterocycles. The summed E-state index contributed by atoms with van der Waals surface area (Å²) in [7, 11) is 1.70. The summed E-state index contributed by atoms with van der Waals surface area (Å²) >= 11 is 18.6. The van der Waals surface area contributed by atoms with Crippen LogP contribution in [0.1, 0.15) is 34.7 Å². The number of halogens is 2. The number of thiocarbonyl (C=S) groups is 1. The van der Waals surface area contributed by atoms with Crippen molar-refractivity contribution in [3.8, 4) is 5.69 Å². The number of aryl methyl sites for hydroxylation is 1. The Morgan fingerprint density at radius 3 is 2.68 bits per heavy atom. The van der Waals surface area contributed by atoms with Crippen LogP contribution < -0.4 is 5.32 Å². The second-order valence-corrected chi connectivity index (χ2v) is 8.72. The molecule has 2 aromatic heterocycles. The van der Waals surface area contributed by atoms with E-state index in [0.717, 1.165) is 28.3 Å². The van der Waals surface area contributed by atoms with Crippen LogP contribution in [0.4, 0.5) is 0 Å². The number of pyridine rings is 1. The Morgan fingerprint density at radius 2 is 1.97 bits per heavy atom. The van der Waals surface area contributed by atoms with E-state index in [1.807, 2.05) is 36.5 Å². The van der Waals surface area contributed by atoms with Crippen molar-refractivity contribution in [1.82, 2.24) is 19.8 Å². The average Bonchev–Trinajstić information content (AvgIpc) is 3.24. The molecule has 0 saturated carbocycles. The Labute approximate surface area is 197 Å². The highest BCUT2D eigenvalue weighted by Gasteiger charge is 2.41. The molecule has 0 bridgehead atoms. The maximum absolute atomic E-state index is 6.56. The van der Waals surface area contributed by atoms with Crippen molar-refractivity contribution >= 4 is 40.5 Å². The van der Waals surface area contributed by atoms with Gasteiger partial charge >= 0.3 is 0 Å². The van der Waals surface area contributed by atoms with Gasteiger partial charge in [0.05, 0.1) is 40.1 Å². The van der Waals surface area contributed by atoms with Gasteiger partial charge < -0.3 is 19.5 Å². The number of aromatic nitrogens is 2. The molecule has 0 amide bonds. The zero-order valence-electron chi connectivity index (χ0n) is 17.6. The van der Waals surface area contributed by atoms with E-state index in [2.05, 4.69) is 39.7 Å². The molecule has 5 nitrogen and oxygen atoms in total. The van der Waals surface area contributed by atoms with Crippen LogP contribution >= 0.6 is 35.4 Å². The van der Waals surface area contributed by atoms with Crippen molar-refractivity contribution in [1.29, 1.82) is 0 Å². The normalized spacial score (nSPS) is 18.5. The average molecular weight is 475 g/mol. The van der Waals surface area contributed by atoms with Gasteiger partial charge in [0.1, 0.15) is 0 Å². The summed E-state index contributed by atoms with van der Waals surface area (Å²) in [4.78, 5) is 6.79. The predicted molar refractivity (Wildman–Crippen MR) is 129 cm³/mol. The summed E-state index contributed by atoms with van der Waals surface area (Å²) in [5, 5.41) is 5.24. The van der Waals surface area contributed by atoms with Crippen molar-refractivity contribution < 1.29 is 4.74 Å². The summed E-state index contributed by atoms with van der Waals surface area (Å²) in [6.07, 6.45) is 1.81. The van der Waals surface area contributed by atoms with E-state index in [4.69, 9.17) is 40.2 Å². The number of benzene rings is 1. The van der Waals surface area contributed by atoms with Crippen molar-refractivity contribution in [3.05, 3.63) is 81.4 Å². The number of hydrogen-bond donors (Lipinski definition) is 1. The van der Waals surface area contributed by atoms with E-state index in [1.54, 1.807) is 13.2 Å². The second-order valence-electron chi connectivity index (χ2n) is 7.55. The molecule has 1 aliphatic heterocycles. The third-order valence-corrected chi connectivity index (χ3v) is 6.86. The maximum Gasteiger partial charge on any atom is 0.170 e. The topological polar surface area (TPSA) is 42.3 Å². The summed E-state index contributed by atoms with van der Waals surface area (Å²) < 4.78 is 7.50. The molecule has 0 radical (unpaired) electrons. The molecule has 3 heterocycles. The highest BCUT2D eigenvalue weighted by atomic mass is 35.5. The molecule has 1 aromatic carbocycles. The lowest BCUT2D eigenvalue weighted by atomic mass is 9.97. The van der Waals surface area contributed by atoms with Crippen molar-refractivity contribution in [2.75, 3.05) is 20.3 Å². The van der Waals surface area contributed by atoms with Crippen LogP contribution in [0.3, 0.4) is 0 Å². The molecule has 31 heavy (non-hydrogen) atoms. The van der Waals surface area contributed by atoms with Crippen LogP contribution in [0.5, 0.6) is 0 Å². The van der Waals surface area contributed by atoms with E-state index in [0.29, 0.717) is 28.3 Å². The quantitative estimate of drug-likeness (QED) is 0.483. The highest BCUT2D eigenvalue weighted by Crippen LogP contribution is 2.42. The summed E-state index contributed by atoms with van der Waals surface area (Å²) in [6, 6.07) is 13.7. The number of methoxy groups -OCH3 is 1. The zero-order valence-corrected chi connectivity index (χ0v) is 19.9. The smallest absolute Gasteiger partial charge is 0.170 e. The van der Waals surface area contributed by atoms with Crippen molar-refractivity contribution in [3.63, 3.8) is 0 Å². The predicted octanol–water partition coefficient (Wildman–Crippen LogP) is 5.41. The molecule has 162 valence electrons. The Balaban J connectivity index is 1.84. The van der Waals surface area contributed by atoms with E-state index >= 15 is 0 Å². The maximum atomic E-state index is 6.56. The molecule has 3 aromatic rings. The first-order valence-electron chi connectivity index (χ1n) is 10.0. The lowest BCUT2D eigenvalue weighted by Gasteiger charge is -2.28. The fourth-order valence-electron chi connectivity index (χ4n) is 4.30. The number of nitrogens with zero attached hydrogens (tertiary/aromatic N) is 3. The van der Waals surface area contributed by atoms with E-state index in [9.17, 15) is 0 Å². The molecular formula is C23H24Cl2N4OS. The number of ether oxygens (including phenoxy) is 1. The van der Waals surface area contributed by atoms with Gasteiger partial charge in [-0.1, -0.05) is 35.3 Å². The number of rotatable bonds is 6. The summed E-state index contributed by atoms with van der Waals surface area (Å²) in [5.41, 5.74) is 5.12. The molecular weight excluding hydrogens is 451 g/mol. The van der Waals surface area contributed by atoms with Gasteiger partial charge in [0.2, 0.25) is 0 Å². The molecule has 4 rings (SSSR count). The lowest BCUT2D eigenvalue weighted by molar-refractivity contribution is 0.164. The van der Waals surface area contributed by atoms with Crippen LogP contribution in [0.25, 0.3) is 5.69 Å². The van der Waals surface area contributed by atoms with E-state index in [1.165, 1.54) is 0 Å². The minimum absolute atomic E-state index is 0.0320. The molecule has 8 heteroatoms.